The Morgan fingerprint density at radius 2 is 1.56 bits per heavy atom. The molecule has 2 aromatic rings. The number of aryl methyl sites for hydroxylation is 1. The molecule has 0 aliphatic heterocycles. The number of hydrogen-bond donors (Lipinski definition) is 0. The molecule has 2 nitrogen and oxygen atoms in total. The molecular weight excluding hydrogens is 291 g/mol. The smallest absolute Gasteiger partial charge is 0.206 e. The van der Waals surface area contributed by atoms with Crippen LogP contribution in [0.15, 0.2) is 52.3 Å². The Kier molecular flexibility index (Phi) is 3.66. The van der Waals surface area contributed by atoms with Gasteiger partial charge < -0.3 is 0 Å². The highest BCUT2D eigenvalue weighted by Crippen LogP contribution is 2.28. The minimum absolute atomic E-state index is 0.141. The first kappa shape index (κ1) is 13.4. The van der Waals surface area contributed by atoms with Crippen molar-refractivity contribution in [2.75, 3.05) is 0 Å². The second-order valence-electron chi connectivity index (χ2n) is 3.90. The highest BCUT2D eigenvalue weighted by Gasteiger charge is 2.18. The summed E-state index contributed by atoms with van der Waals surface area (Å²) in [6, 6.07) is 11.0. The molecule has 0 fully saturated rings. The van der Waals surface area contributed by atoms with Gasteiger partial charge in [0, 0.05) is 0 Å². The maximum absolute atomic E-state index is 12.3. The Labute approximate surface area is 116 Å². The lowest BCUT2D eigenvalue weighted by Gasteiger charge is -2.06. The Bertz CT molecular complexity index is 694. The van der Waals surface area contributed by atoms with Gasteiger partial charge in [-0.3, -0.25) is 0 Å². The van der Waals surface area contributed by atoms with Crippen molar-refractivity contribution in [2.45, 2.75) is 16.7 Å². The summed E-state index contributed by atoms with van der Waals surface area (Å²) < 4.78 is 24.7. The molecule has 0 unspecified atom stereocenters. The van der Waals surface area contributed by atoms with E-state index in [-0.39, 0.29) is 14.8 Å². The van der Waals surface area contributed by atoms with Crippen LogP contribution in [0.2, 0.25) is 10.0 Å². The van der Waals surface area contributed by atoms with Crippen LogP contribution in [0.1, 0.15) is 5.56 Å². The fourth-order valence-electron chi connectivity index (χ4n) is 1.56. The van der Waals surface area contributed by atoms with E-state index in [2.05, 4.69) is 0 Å². The molecule has 2 rings (SSSR count). The van der Waals surface area contributed by atoms with Crippen LogP contribution in [0, 0.1) is 6.92 Å². The van der Waals surface area contributed by atoms with Gasteiger partial charge in [0.2, 0.25) is 9.84 Å². The SMILES string of the molecule is Cc1cccc(S(=O)(=O)c2ccc(Cl)c(Cl)c2)c1. The third-order valence-corrected chi connectivity index (χ3v) is 4.99. The van der Waals surface area contributed by atoms with Crippen molar-refractivity contribution < 1.29 is 8.42 Å². The van der Waals surface area contributed by atoms with E-state index in [0.717, 1.165) is 5.56 Å². The van der Waals surface area contributed by atoms with Crippen LogP contribution in [-0.4, -0.2) is 8.42 Å². The third-order valence-electron chi connectivity index (χ3n) is 2.50. The van der Waals surface area contributed by atoms with Crippen LogP contribution >= 0.6 is 23.2 Å². The monoisotopic (exact) mass is 300 g/mol. The van der Waals surface area contributed by atoms with E-state index in [1.807, 2.05) is 13.0 Å². The molecule has 0 aliphatic rings. The van der Waals surface area contributed by atoms with Gasteiger partial charge in [0.05, 0.1) is 19.8 Å². The molecule has 0 bridgehead atoms. The number of hydrogen-bond acceptors (Lipinski definition) is 2. The Morgan fingerprint density at radius 3 is 2.17 bits per heavy atom. The van der Waals surface area contributed by atoms with Gasteiger partial charge in [-0.25, -0.2) is 8.42 Å². The van der Waals surface area contributed by atoms with Crippen molar-refractivity contribution in [3.63, 3.8) is 0 Å². The summed E-state index contributed by atoms with van der Waals surface area (Å²) in [7, 11) is -3.54. The van der Waals surface area contributed by atoms with Gasteiger partial charge in [-0.1, -0.05) is 35.3 Å². The summed E-state index contributed by atoms with van der Waals surface area (Å²) in [5, 5.41) is 0.560. The summed E-state index contributed by atoms with van der Waals surface area (Å²) in [6.45, 7) is 1.84. The normalized spacial score (nSPS) is 11.5. The number of rotatable bonds is 2. The molecule has 0 spiro atoms. The first-order valence-corrected chi connectivity index (χ1v) is 7.42. The van der Waals surface area contributed by atoms with Crippen LogP contribution in [0.4, 0.5) is 0 Å². The van der Waals surface area contributed by atoms with Gasteiger partial charge in [0.25, 0.3) is 0 Å². The summed E-state index contributed by atoms with van der Waals surface area (Å²) >= 11 is 11.6. The van der Waals surface area contributed by atoms with Gasteiger partial charge in [-0.15, -0.1) is 0 Å². The van der Waals surface area contributed by atoms with E-state index in [9.17, 15) is 8.42 Å². The molecule has 0 radical (unpaired) electrons. The van der Waals surface area contributed by atoms with E-state index >= 15 is 0 Å². The number of benzene rings is 2. The average Bonchev–Trinajstić information content (AvgIpc) is 2.32. The van der Waals surface area contributed by atoms with E-state index in [1.54, 1.807) is 18.2 Å². The molecule has 0 aromatic heterocycles. The summed E-state index contributed by atoms with van der Waals surface area (Å²) in [5.41, 5.74) is 0.885. The van der Waals surface area contributed by atoms with E-state index < -0.39 is 9.84 Å². The van der Waals surface area contributed by atoms with E-state index in [0.29, 0.717) is 5.02 Å². The third kappa shape index (κ3) is 2.53. The molecule has 0 saturated heterocycles. The average molecular weight is 301 g/mol. The van der Waals surface area contributed by atoms with Crippen molar-refractivity contribution in [1.29, 1.82) is 0 Å². The summed E-state index contributed by atoms with van der Waals surface area (Å²) in [5.74, 6) is 0. The van der Waals surface area contributed by atoms with Crippen molar-refractivity contribution in [1.82, 2.24) is 0 Å². The number of halogens is 2. The van der Waals surface area contributed by atoms with Crippen LogP contribution in [0.5, 0.6) is 0 Å². The van der Waals surface area contributed by atoms with E-state index in [1.165, 1.54) is 18.2 Å². The quantitative estimate of drug-likeness (QED) is 0.835. The highest BCUT2D eigenvalue weighted by atomic mass is 35.5. The van der Waals surface area contributed by atoms with Crippen molar-refractivity contribution >= 4 is 33.0 Å². The zero-order valence-electron chi connectivity index (χ0n) is 9.52. The first-order chi connectivity index (χ1) is 8.41. The molecule has 0 amide bonds. The van der Waals surface area contributed by atoms with Gasteiger partial charge in [-0.2, -0.15) is 0 Å². The lowest BCUT2D eigenvalue weighted by atomic mass is 10.2. The molecule has 0 atom stereocenters. The minimum Gasteiger partial charge on any atom is -0.219 e. The van der Waals surface area contributed by atoms with Crippen LogP contribution < -0.4 is 0 Å². The van der Waals surface area contributed by atoms with Crippen LogP contribution in [-0.2, 0) is 9.84 Å². The molecular formula is C13H10Cl2O2S. The fraction of sp³-hybridized carbons (Fsp3) is 0.0769. The molecule has 0 heterocycles. The fourth-order valence-corrected chi connectivity index (χ4v) is 3.32. The molecule has 0 saturated carbocycles. The summed E-state index contributed by atoms with van der Waals surface area (Å²) in [6.07, 6.45) is 0. The molecule has 0 N–H and O–H groups in total. The standard InChI is InChI=1S/C13H10Cl2O2S/c1-9-3-2-4-10(7-9)18(16,17)11-5-6-12(14)13(15)8-11/h2-8H,1H3. The first-order valence-electron chi connectivity index (χ1n) is 5.18. The molecule has 94 valence electrons. The minimum atomic E-state index is -3.54. The molecule has 2 aromatic carbocycles. The summed E-state index contributed by atoms with van der Waals surface area (Å²) in [4.78, 5) is 0.392. The van der Waals surface area contributed by atoms with E-state index in [4.69, 9.17) is 23.2 Å². The van der Waals surface area contributed by atoms with Gasteiger partial charge in [-0.05, 0) is 42.8 Å². The molecule has 18 heavy (non-hydrogen) atoms. The van der Waals surface area contributed by atoms with Crippen LogP contribution in [0.25, 0.3) is 0 Å². The maximum Gasteiger partial charge on any atom is 0.206 e. The zero-order chi connectivity index (χ0) is 13.3. The van der Waals surface area contributed by atoms with Crippen molar-refractivity contribution in [3.8, 4) is 0 Å². The topological polar surface area (TPSA) is 34.1 Å². The molecule has 0 aliphatic carbocycles. The maximum atomic E-state index is 12.3. The second kappa shape index (κ2) is 4.92. The largest absolute Gasteiger partial charge is 0.219 e. The van der Waals surface area contributed by atoms with Crippen molar-refractivity contribution in [3.05, 3.63) is 58.1 Å². The molecule has 5 heteroatoms. The highest BCUT2D eigenvalue weighted by molar-refractivity contribution is 7.91. The number of sulfone groups is 1. The second-order valence-corrected chi connectivity index (χ2v) is 6.66. The lowest BCUT2D eigenvalue weighted by molar-refractivity contribution is 0.596. The zero-order valence-corrected chi connectivity index (χ0v) is 11.9. The predicted octanol–water partition coefficient (Wildman–Crippen LogP) is 4.13. The van der Waals surface area contributed by atoms with Gasteiger partial charge in [0.1, 0.15) is 0 Å². The van der Waals surface area contributed by atoms with Crippen molar-refractivity contribution in [2.24, 2.45) is 0 Å². The lowest BCUT2D eigenvalue weighted by Crippen LogP contribution is -2.02. The van der Waals surface area contributed by atoms with Crippen LogP contribution in [0.3, 0.4) is 0 Å². The van der Waals surface area contributed by atoms with Gasteiger partial charge >= 0.3 is 0 Å². The Balaban J connectivity index is 2.58. The Hall–Kier alpha value is -1.03. The van der Waals surface area contributed by atoms with Gasteiger partial charge in [0.15, 0.2) is 0 Å². The predicted molar refractivity (Wildman–Crippen MR) is 73.1 cm³/mol. The Morgan fingerprint density at radius 1 is 0.889 bits per heavy atom.